The lowest BCUT2D eigenvalue weighted by atomic mass is 10.3. The van der Waals surface area contributed by atoms with Crippen LogP contribution in [0.25, 0.3) is 0 Å². The topological polar surface area (TPSA) is 38.2 Å². The molecule has 4 nitrogen and oxygen atoms in total. The minimum absolute atomic E-state index is 0.369. The Hall–Kier alpha value is -0.680. The van der Waals surface area contributed by atoms with Gasteiger partial charge in [0.1, 0.15) is 6.33 Å². The van der Waals surface area contributed by atoms with Crippen molar-refractivity contribution in [3.8, 4) is 0 Å². The van der Waals surface area contributed by atoms with Gasteiger partial charge < -0.3 is 9.64 Å². The number of rotatable bonds is 2. The summed E-state index contributed by atoms with van der Waals surface area (Å²) in [5.74, 6) is 0. The molecule has 66 valence electrons. The molecule has 0 aliphatic carbocycles. The summed E-state index contributed by atoms with van der Waals surface area (Å²) in [4.78, 5) is 6.36. The van der Waals surface area contributed by atoms with Crippen LogP contribution in [0.15, 0.2) is 6.33 Å². The van der Waals surface area contributed by atoms with Gasteiger partial charge in [0, 0.05) is 31.7 Å². The van der Waals surface area contributed by atoms with Crippen LogP contribution in [0.5, 0.6) is 0 Å². The maximum atomic E-state index is 5.25. The molecule has 1 aromatic heterocycles. The molecule has 12 heavy (non-hydrogen) atoms. The van der Waals surface area contributed by atoms with Crippen LogP contribution in [0.4, 0.5) is 5.13 Å². The van der Waals surface area contributed by atoms with Crippen LogP contribution >= 0.6 is 11.5 Å². The Labute approximate surface area is 75.3 Å². The van der Waals surface area contributed by atoms with Crippen molar-refractivity contribution in [3.05, 3.63) is 6.33 Å². The Kier molecular flexibility index (Phi) is 2.23. The number of methoxy groups -OCH3 is 1. The van der Waals surface area contributed by atoms with Gasteiger partial charge >= 0.3 is 0 Å². The van der Waals surface area contributed by atoms with Gasteiger partial charge in [-0.1, -0.05) is 0 Å². The highest BCUT2D eigenvalue weighted by Crippen LogP contribution is 2.21. The fourth-order valence-electron chi connectivity index (χ4n) is 1.40. The monoisotopic (exact) mass is 185 g/mol. The summed E-state index contributed by atoms with van der Waals surface area (Å²) in [5, 5.41) is 1.01. The predicted molar refractivity (Wildman–Crippen MR) is 47.5 cm³/mol. The molecular weight excluding hydrogens is 174 g/mol. The summed E-state index contributed by atoms with van der Waals surface area (Å²) < 4.78 is 9.22. The van der Waals surface area contributed by atoms with Crippen LogP contribution in [0.3, 0.4) is 0 Å². The van der Waals surface area contributed by atoms with Gasteiger partial charge in [0.05, 0.1) is 6.10 Å². The van der Waals surface area contributed by atoms with Gasteiger partial charge in [0.2, 0.25) is 5.13 Å². The summed E-state index contributed by atoms with van der Waals surface area (Å²) in [6.07, 6.45) is 3.06. The van der Waals surface area contributed by atoms with Crippen LogP contribution in [0.2, 0.25) is 0 Å². The lowest BCUT2D eigenvalue weighted by Crippen LogP contribution is -2.21. The first-order valence-corrected chi connectivity index (χ1v) is 4.72. The first-order chi connectivity index (χ1) is 5.90. The molecule has 2 rings (SSSR count). The summed E-state index contributed by atoms with van der Waals surface area (Å²) in [6.45, 7) is 1.99. The second kappa shape index (κ2) is 3.37. The van der Waals surface area contributed by atoms with Crippen LogP contribution in [0.1, 0.15) is 6.42 Å². The van der Waals surface area contributed by atoms with E-state index in [0.29, 0.717) is 6.10 Å². The van der Waals surface area contributed by atoms with Crippen LogP contribution in [-0.2, 0) is 4.74 Å². The van der Waals surface area contributed by atoms with Crippen molar-refractivity contribution in [2.75, 3.05) is 25.1 Å². The number of ether oxygens (including phenoxy) is 1. The smallest absolute Gasteiger partial charge is 0.205 e. The molecular formula is C7H11N3OS. The minimum atomic E-state index is 0.369. The Morgan fingerprint density at radius 1 is 1.75 bits per heavy atom. The molecule has 0 spiro atoms. The molecule has 5 heteroatoms. The van der Waals surface area contributed by atoms with Crippen molar-refractivity contribution in [2.45, 2.75) is 12.5 Å². The van der Waals surface area contributed by atoms with Crippen LogP contribution < -0.4 is 4.90 Å². The Morgan fingerprint density at radius 3 is 3.25 bits per heavy atom. The van der Waals surface area contributed by atoms with Crippen molar-refractivity contribution < 1.29 is 4.74 Å². The van der Waals surface area contributed by atoms with Crippen LogP contribution in [-0.4, -0.2) is 35.7 Å². The second-order valence-corrected chi connectivity index (χ2v) is 3.57. The number of anilines is 1. The molecule has 0 bridgehead atoms. The number of hydrogen-bond acceptors (Lipinski definition) is 5. The highest BCUT2D eigenvalue weighted by molar-refractivity contribution is 7.09. The second-order valence-electron chi connectivity index (χ2n) is 2.82. The molecule has 1 fully saturated rings. The van der Waals surface area contributed by atoms with Gasteiger partial charge in [0.15, 0.2) is 0 Å². The van der Waals surface area contributed by atoms with E-state index >= 15 is 0 Å². The normalized spacial score (nSPS) is 23.4. The molecule has 1 atom stereocenters. The van der Waals surface area contributed by atoms with Gasteiger partial charge in [0.25, 0.3) is 0 Å². The average Bonchev–Trinajstić information content (AvgIpc) is 2.75. The number of hydrogen-bond donors (Lipinski definition) is 0. The van der Waals surface area contributed by atoms with E-state index in [1.54, 1.807) is 13.4 Å². The van der Waals surface area contributed by atoms with Gasteiger partial charge in [-0.2, -0.15) is 4.37 Å². The number of nitrogens with zero attached hydrogens (tertiary/aromatic N) is 3. The van der Waals surface area contributed by atoms with Crippen molar-refractivity contribution in [3.63, 3.8) is 0 Å². The summed E-state index contributed by atoms with van der Waals surface area (Å²) >= 11 is 1.44. The van der Waals surface area contributed by atoms with E-state index < -0.39 is 0 Å². The molecule has 0 unspecified atom stereocenters. The molecule has 1 saturated heterocycles. The molecule has 0 saturated carbocycles. The van der Waals surface area contributed by atoms with E-state index in [1.807, 2.05) is 0 Å². The van der Waals surface area contributed by atoms with E-state index in [4.69, 9.17) is 4.74 Å². The summed E-state index contributed by atoms with van der Waals surface area (Å²) in [7, 11) is 1.76. The lowest BCUT2D eigenvalue weighted by Gasteiger charge is -2.12. The lowest BCUT2D eigenvalue weighted by molar-refractivity contribution is 0.121. The molecule has 0 radical (unpaired) electrons. The third kappa shape index (κ3) is 1.42. The molecule has 1 aliphatic rings. The zero-order valence-corrected chi connectivity index (χ0v) is 7.75. The fraction of sp³-hybridized carbons (Fsp3) is 0.714. The summed E-state index contributed by atoms with van der Waals surface area (Å²) in [6, 6.07) is 0. The third-order valence-corrected chi connectivity index (χ3v) is 2.83. The van der Waals surface area contributed by atoms with Crippen LogP contribution in [0, 0.1) is 0 Å². The zero-order chi connectivity index (χ0) is 8.39. The summed E-state index contributed by atoms with van der Waals surface area (Å²) in [5.41, 5.74) is 0. The fourth-order valence-corrected chi connectivity index (χ4v) is 1.97. The van der Waals surface area contributed by atoms with Crippen molar-refractivity contribution in [2.24, 2.45) is 0 Å². The Morgan fingerprint density at radius 2 is 2.67 bits per heavy atom. The van der Waals surface area contributed by atoms with E-state index in [2.05, 4.69) is 14.3 Å². The highest BCUT2D eigenvalue weighted by Gasteiger charge is 2.23. The van der Waals surface area contributed by atoms with E-state index in [1.165, 1.54) is 11.5 Å². The quantitative estimate of drug-likeness (QED) is 0.682. The van der Waals surface area contributed by atoms with Gasteiger partial charge in [-0.25, -0.2) is 4.98 Å². The molecule has 0 amide bonds. The van der Waals surface area contributed by atoms with E-state index in [-0.39, 0.29) is 0 Å². The molecule has 1 aromatic rings. The van der Waals surface area contributed by atoms with Gasteiger partial charge in [-0.05, 0) is 6.42 Å². The van der Waals surface area contributed by atoms with E-state index in [9.17, 15) is 0 Å². The average molecular weight is 185 g/mol. The number of aromatic nitrogens is 2. The van der Waals surface area contributed by atoms with Crippen molar-refractivity contribution in [1.82, 2.24) is 9.36 Å². The molecule has 1 aliphatic heterocycles. The first kappa shape index (κ1) is 7.94. The Balaban J connectivity index is 2.00. The van der Waals surface area contributed by atoms with Gasteiger partial charge in [-0.15, -0.1) is 0 Å². The SMILES string of the molecule is CO[C@@H]1CCN(c2ncns2)C1. The van der Waals surface area contributed by atoms with Crippen molar-refractivity contribution >= 4 is 16.7 Å². The minimum Gasteiger partial charge on any atom is -0.380 e. The van der Waals surface area contributed by atoms with Crippen molar-refractivity contribution in [1.29, 1.82) is 0 Å². The molecule has 0 N–H and O–H groups in total. The predicted octanol–water partition coefficient (Wildman–Crippen LogP) is 0.763. The largest absolute Gasteiger partial charge is 0.380 e. The molecule has 0 aromatic carbocycles. The maximum absolute atomic E-state index is 5.25. The third-order valence-electron chi connectivity index (χ3n) is 2.10. The molecule has 2 heterocycles. The maximum Gasteiger partial charge on any atom is 0.205 e. The Bertz CT molecular complexity index is 239. The zero-order valence-electron chi connectivity index (χ0n) is 6.93. The standard InChI is InChI=1S/C7H11N3OS/c1-11-6-2-3-10(4-6)7-8-5-9-12-7/h5-6H,2-4H2,1H3/t6-/m1/s1. The highest BCUT2D eigenvalue weighted by atomic mass is 32.1. The van der Waals surface area contributed by atoms with Gasteiger partial charge in [-0.3, -0.25) is 0 Å². The first-order valence-electron chi connectivity index (χ1n) is 3.94. The van der Waals surface area contributed by atoms with E-state index in [0.717, 1.165) is 24.6 Å².